The van der Waals surface area contributed by atoms with Crippen molar-refractivity contribution >= 4 is 17.1 Å². The van der Waals surface area contributed by atoms with Crippen LogP contribution in [0.2, 0.25) is 0 Å². The van der Waals surface area contributed by atoms with Crippen molar-refractivity contribution in [2.45, 2.75) is 24.7 Å². The molecule has 0 unspecified atom stereocenters. The van der Waals surface area contributed by atoms with Crippen LogP contribution in [0.3, 0.4) is 0 Å². The summed E-state index contributed by atoms with van der Waals surface area (Å²) in [5.74, 6) is 0. The molecule has 0 bridgehead atoms. The summed E-state index contributed by atoms with van der Waals surface area (Å²) < 4.78 is 0. The fraction of sp³-hybridized carbons (Fsp3) is 0.0769. The maximum Gasteiger partial charge on any atom is 0.0725 e. The second-order valence-corrected chi connectivity index (χ2v) is 15.3. The lowest BCUT2D eigenvalue weighted by molar-refractivity contribution is 0.632. The highest BCUT2D eigenvalue weighted by molar-refractivity contribution is 5.97. The molecule has 8 aromatic carbocycles. The van der Waals surface area contributed by atoms with Crippen LogP contribution in [0.1, 0.15) is 47.2 Å². The van der Waals surface area contributed by atoms with E-state index in [1.54, 1.807) is 0 Å². The van der Waals surface area contributed by atoms with Crippen molar-refractivity contribution in [3.8, 4) is 44.5 Å². The molecular formula is C52H37N. The first kappa shape index (κ1) is 30.2. The smallest absolute Gasteiger partial charge is 0.0725 e. The van der Waals surface area contributed by atoms with Crippen LogP contribution in [0.15, 0.2) is 188 Å². The van der Waals surface area contributed by atoms with Crippen LogP contribution >= 0.6 is 0 Å². The van der Waals surface area contributed by atoms with Crippen molar-refractivity contribution in [3.63, 3.8) is 0 Å². The third kappa shape index (κ3) is 4.08. The van der Waals surface area contributed by atoms with Crippen molar-refractivity contribution in [2.24, 2.45) is 0 Å². The SMILES string of the molecule is CC1(C)c2cc(-c3ccccc3)ccc2N(c2ccc3c(c2)-c2ccccc2C32c3ccccc3-c3ccccc32)c2ccc(-c3ccccc3)cc21. The lowest BCUT2D eigenvalue weighted by atomic mass is 9.70. The Morgan fingerprint density at radius 1 is 0.321 bits per heavy atom. The maximum atomic E-state index is 2.52. The van der Waals surface area contributed by atoms with Crippen LogP contribution in [0.5, 0.6) is 0 Å². The van der Waals surface area contributed by atoms with Crippen molar-refractivity contribution in [3.05, 3.63) is 221 Å². The molecule has 53 heavy (non-hydrogen) atoms. The van der Waals surface area contributed by atoms with Gasteiger partial charge in [-0.15, -0.1) is 0 Å². The molecule has 1 aliphatic heterocycles. The largest absolute Gasteiger partial charge is 0.310 e. The van der Waals surface area contributed by atoms with Crippen LogP contribution in [0.4, 0.5) is 17.1 Å². The van der Waals surface area contributed by atoms with Crippen LogP contribution in [0, 0.1) is 0 Å². The van der Waals surface area contributed by atoms with E-state index in [1.807, 2.05) is 0 Å². The predicted molar refractivity (Wildman–Crippen MR) is 220 cm³/mol. The van der Waals surface area contributed by atoms with Gasteiger partial charge in [-0.1, -0.05) is 166 Å². The second kappa shape index (κ2) is 11.0. The molecule has 0 saturated heterocycles. The Morgan fingerprint density at radius 3 is 1.23 bits per heavy atom. The van der Waals surface area contributed by atoms with Gasteiger partial charge >= 0.3 is 0 Å². The molecule has 0 atom stereocenters. The van der Waals surface area contributed by atoms with Crippen molar-refractivity contribution < 1.29 is 0 Å². The number of hydrogen-bond donors (Lipinski definition) is 0. The summed E-state index contributed by atoms with van der Waals surface area (Å²) in [6.45, 7) is 4.78. The fourth-order valence-corrected chi connectivity index (χ4v) is 9.86. The molecule has 0 fully saturated rings. The number of nitrogens with zero attached hydrogens (tertiary/aromatic N) is 1. The Labute approximate surface area is 311 Å². The Hall–Kier alpha value is -6.44. The Balaban J connectivity index is 1.16. The zero-order chi connectivity index (χ0) is 35.3. The van der Waals surface area contributed by atoms with Crippen molar-refractivity contribution in [1.29, 1.82) is 0 Å². The molecule has 0 amide bonds. The molecule has 1 spiro atoms. The highest BCUT2D eigenvalue weighted by Gasteiger charge is 2.51. The Morgan fingerprint density at radius 2 is 0.736 bits per heavy atom. The first-order chi connectivity index (χ1) is 26.0. The molecule has 0 aromatic heterocycles. The summed E-state index contributed by atoms with van der Waals surface area (Å²) >= 11 is 0. The minimum atomic E-state index is -0.355. The number of rotatable bonds is 3. The topological polar surface area (TPSA) is 3.24 Å². The van der Waals surface area contributed by atoms with Crippen LogP contribution in [-0.2, 0) is 10.8 Å². The molecule has 11 rings (SSSR count). The van der Waals surface area contributed by atoms with Crippen molar-refractivity contribution in [2.75, 3.05) is 4.90 Å². The van der Waals surface area contributed by atoms with Gasteiger partial charge < -0.3 is 4.90 Å². The van der Waals surface area contributed by atoms with Gasteiger partial charge in [-0.05, 0) is 114 Å². The van der Waals surface area contributed by atoms with Crippen LogP contribution in [0.25, 0.3) is 44.5 Å². The molecule has 2 aliphatic carbocycles. The number of anilines is 3. The van der Waals surface area contributed by atoms with Gasteiger partial charge in [0.2, 0.25) is 0 Å². The molecule has 0 saturated carbocycles. The molecule has 1 nitrogen and oxygen atoms in total. The van der Waals surface area contributed by atoms with Crippen LogP contribution < -0.4 is 4.90 Å². The molecule has 1 heteroatoms. The van der Waals surface area contributed by atoms with Crippen LogP contribution in [-0.4, -0.2) is 0 Å². The van der Waals surface area contributed by atoms with E-state index >= 15 is 0 Å². The minimum Gasteiger partial charge on any atom is -0.310 e. The van der Waals surface area contributed by atoms with Gasteiger partial charge in [0.05, 0.1) is 16.8 Å². The summed E-state index contributed by atoms with van der Waals surface area (Å²) in [6.07, 6.45) is 0. The molecule has 0 radical (unpaired) electrons. The fourth-order valence-electron chi connectivity index (χ4n) is 9.86. The van der Waals surface area contributed by atoms with E-state index < -0.39 is 0 Å². The first-order valence-electron chi connectivity index (χ1n) is 18.7. The van der Waals surface area contributed by atoms with Gasteiger partial charge in [0, 0.05) is 11.1 Å². The van der Waals surface area contributed by atoms with Gasteiger partial charge in [0.15, 0.2) is 0 Å². The lowest BCUT2D eigenvalue weighted by Crippen LogP contribution is -2.31. The number of fused-ring (bicyclic) bond motifs is 12. The van der Waals surface area contributed by atoms with E-state index in [-0.39, 0.29) is 10.8 Å². The van der Waals surface area contributed by atoms with E-state index in [9.17, 15) is 0 Å². The first-order valence-corrected chi connectivity index (χ1v) is 18.7. The molecule has 3 aliphatic rings. The highest BCUT2D eigenvalue weighted by atomic mass is 15.2. The lowest BCUT2D eigenvalue weighted by Gasteiger charge is -2.42. The standard InChI is InChI=1S/C52H37N/c1-51(2)47-31-36(34-15-5-3-6-16-34)25-29-49(47)53(50-30-26-37(32-48(50)51)35-17-7-4-8-18-35)38-27-28-46-42(33-38)41-21-11-14-24-45(41)52(46)43-22-12-9-19-39(43)40-20-10-13-23-44(40)52/h3-33H,1-2H3. The quantitative estimate of drug-likeness (QED) is 0.180. The van der Waals surface area contributed by atoms with E-state index in [1.165, 1.54) is 95.0 Å². The highest BCUT2D eigenvalue weighted by Crippen LogP contribution is 2.63. The van der Waals surface area contributed by atoms with E-state index in [2.05, 4.69) is 207 Å². The molecule has 1 heterocycles. The Bertz CT molecular complexity index is 2620. The third-order valence-electron chi connectivity index (χ3n) is 12.3. The van der Waals surface area contributed by atoms with Gasteiger partial charge in [-0.25, -0.2) is 0 Å². The molecule has 250 valence electrons. The number of benzene rings is 8. The molecular weight excluding hydrogens is 639 g/mol. The summed E-state index contributed by atoms with van der Waals surface area (Å²) in [7, 11) is 0. The minimum absolute atomic E-state index is 0.235. The van der Waals surface area contributed by atoms with Gasteiger partial charge in [0.1, 0.15) is 0 Å². The third-order valence-corrected chi connectivity index (χ3v) is 12.3. The zero-order valence-electron chi connectivity index (χ0n) is 29.8. The van der Waals surface area contributed by atoms with Gasteiger partial charge in [-0.2, -0.15) is 0 Å². The molecule has 0 N–H and O–H groups in total. The van der Waals surface area contributed by atoms with E-state index in [4.69, 9.17) is 0 Å². The number of hydrogen-bond acceptors (Lipinski definition) is 1. The van der Waals surface area contributed by atoms with Crippen molar-refractivity contribution in [1.82, 2.24) is 0 Å². The van der Waals surface area contributed by atoms with E-state index in [0.717, 1.165) is 0 Å². The Kier molecular flexibility index (Phi) is 6.29. The summed E-state index contributed by atoms with van der Waals surface area (Å²) in [5, 5.41) is 0. The predicted octanol–water partition coefficient (Wildman–Crippen LogP) is 13.5. The summed E-state index contributed by atoms with van der Waals surface area (Å²) in [4.78, 5) is 2.52. The van der Waals surface area contributed by atoms with E-state index in [0.29, 0.717) is 0 Å². The maximum absolute atomic E-state index is 2.52. The summed E-state index contributed by atoms with van der Waals surface area (Å²) in [6, 6.07) is 70.1. The van der Waals surface area contributed by atoms with Gasteiger partial charge in [0.25, 0.3) is 0 Å². The average Bonchev–Trinajstić information content (AvgIpc) is 3.69. The zero-order valence-corrected chi connectivity index (χ0v) is 29.8. The van der Waals surface area contributed by atoms with Gasteiger partial charge in [-0.3, -0.25) is 0 Å². The normalized spacial score (nSPS) is 14.9. The summed E-state index contributed by atoms with van der Waals surface area (Å²) in [5.41, 5.74) is 21.4. The molecule has 8 aromatic rings. The average molecular weight is 676 g/mol. The second-order valence-electron chi connectivity index (χ2n) is 15.3. The monoisotopic (exact) mass is 675 g/mol.